The summed E-state index contributed by atoms with van der Waals surface area (Å²) in [4.78, 5) is 1.40. The molecule has 0 saturated heterocycles. The van der Waals surface area contributed by atoms with E-state index in [2.05, 4.69) is 43.6 Å². The van der Waals surface area contributed by atoms with Crippen LogP contribution in [0.4, 0.5) is 0 Å². The van der Waals surface area contributed by atoms with E-state index < -0.39 is 0 Å². The zero-order valence-electron chi connectivity index (χ0n) is 10.5. The molecule has 2 unspecified atom stereocenters. The minimum atomic E-state index is 0.309. The van der Waals surface area contributed by atoms with Crippen molar-refractivity contribution >= 4 is 11.3 Å². The normalized spacial score (nSPS) is 15.1. The molecule has 2 nitrogen and oxygen atoms in total. The third-order valence-electron chi connectivity index (χ3n) is 2.99. The molecule has 0 aromatic carbocycles. The summed E-state index contributed by atoms with van der Waals surface area (Å²) in [5.74, 6) is 0.572. The van der Waals surface area contributed by atoms with Crippen LogP contribution in [0.3, 0.4) is 0 Å². The van der Waals surface area contributed by atoms with Crippen molar-refractivity contribution in [3.8, 4) is 0 Å². The average molecular weight is 249 g/mol. The molecule has 1 N–H and O–H groups in total. The Hall–Kier alpha value is -1.06. The molecular formula is C14H19NOS. The summed E-state index contributed by atoms with van der Waals surface area (Å²) in [6, 6.07) is 7.04. The van der Waals surface area contributed by atoms with E-state index in [4.69, 9.17) is 4.42 Å². The Balaban J connectivity index is 2.09. The van der Waals surface area contributed by atoms with Crippen molar-refractivity contribution in [1.82, 2.24) is 5.32 Å². The molecule has 0 spiro atoms. The van der Waals surface area contributed by atoms with Gasteiger partial charge in [-0.3, -0.25) is 0 Å². The predicted octanol–water partition coefficient (Wildman–Crippen LogP) is 4.39. The fourth-order valence-corrected chi connectivity index (χ4v) is 2.92. The van der Waals surface area contributed by atoms with Gasteiger partial charge in [0, 0.05) is 22.5 Å². The van der Waals surface area contributed by atoms with Crippen LogP contribution >= 0.6 is 11.3 Å². The maximum atomic E-state index is 5.13. The molecule has 2 atom stereocenters. The highest BCUT2D eigenvalue weighted by Gasteiger charge is 2.19. The van der Waals surface area contributed by atoms with Gasteiger partial charge in [-0.2, -0.15) is 0 Å². The van der Waals surface area contributed by atoms with Crippen molar-refractivity contribution in [2.45, 2.75) is 32.9 Å². The lowest BCUT2D eigenvalue weighted by molar-refractivity contribution is 0.378. The average Bonchev–Trinajstić information content (AvgIpc) is 2.97. The van der Waals surface area contributed by atoms with E-state index in [9.17, 15) is 0 Å². The van der Waals surface area contributed by atoms with Gasteiger partial charge in [0.1, 0.15) is 0 Å². The van der Waals surface area contributed by atoms with Gasteiger partial charge in [-0.05, 0) is 30.4 Å². The van der Waals surface area contributed by atoms with E-state index in [0.29, 0.717) is 18.0 Å². The third kappa shape index (κ3) is 2.99. The van der Waals surface area contributed by atoms with Crippen molar-refractivity contribution in [1.29, 1.82) is 0 Å². The van der Waals surface area contributed by atoms with Crippen molar-refractivity contribution < 1.29 is 4.42 Å². The molecule has 0 aliphatic heterocycles. The summed E-state index contributed by atoms with van der Waals surface area (Å²) in [5.41, 5.74) is 1.20. The van der Waals surface area contributed by atoms with Crippen molar-refractivity contribution in [3.05, 3.63) is 46.5 Å². The van der Waals surface area contributed by atoms with Gasteiger partial charge in [-0.1, -0.05) is 19.9 Å². The van der Waals surface area contributed by atoms with Crippen LogP contribution in [0.15, 0.2) is 40.5 Å². The van der Waals surface area contributed by atoms with E-state index in [-0.39, 0.29) is 0 Å². The number of hydrogen-bond acceptors (Lipinski definition) is 3. The first-order valence-electron chi connectivity index (χ1n) is 6.00. The standard InChI is InChI=1S/C14H19NOS/c1-10(2)14(13-5-4-8-17-13)15-11(3)12-6-7-16-9-12/h4-11,14-15H,1-3H3. The van der Waals surface area contributed by atoms with E-state index >= 15 is 0 Å². The maximum absolute atomic E-state index is 5.13. The van der Waals surface area contributed by atoms with Crippen LogP contribution in [-0.2, 0) is 0 Å². The summed E-state index contributed by atoms with van der Waals surface area (Å²) >= 11 is 1.81. The topological polar surface area (TPSA) is 25.2 Å². The van der Waals surface area contributed by atoms with Gasteiger partial charge in [-0.15, -0.1) is 11.3 Å². The van der Waals surface area contributed by atoms with Crippen LogP contribution < -0.4 is 5.32 Å². The number of thiophene rings is 1. The maximum Gasteiger partial charge on any atom is 0.0950 e. The molecule has 0 fully saturated rings. The molecule has 2 aromatic heterocycles. The summed E-state index contributed by atoms with van der Waals surface area (Å²) in [6.45, 7) is 6.67. The van der Waals surface area contributed by atoms with E-state index in [1.165, 1.54) is 10.4 Å². The summed E-state index contributed by atoms with van der Waals surface area (Å²) in [7, 11) is 0. The third-order valence-corrected chi connectivity index (χ3v) is 3.94. The lowest BCUT2D eigenvalue weighted by Gasteiger charge is -2.25. The molecule has 3 heteroatoms. The smallest absolute Gasteiger partial charge is 0.0950 e. The van der Waals surface area contributed by atoms with Gasteiger partial charge < -0.3 is 9.73 Å². The quantitative estimate of drug-likeness (QED) is 0.850. The lowest BCUT2D eigenvalue weighted by Crippen LogP contribution is -2.27. The van der Waals surface area contributed by atoms with Crippen LogP contribution in [0, 0.1) is 5.92 Å². The number of nitrogens with one attached hydrogen (secondary N) is 1. The van der Waals surface area contributed by atoms with Crippen molar-refractivity contribution in [2.24, 2.45) is 5.92 Å². The minimum Gasteiger partial charge on any atom is -0.472 e. The molecule has 0 bridgehead atoms. The van der Waals surface area contributed by atoms with E-state index in [1.807, 2.05) is 23.7 Å². The van der Waals surface area contributed by atoms with Crippen molar-refractivity contribution in [2.75, 3.05) is 0 Å². The van der Waals surface area contributed by atoms with Crippen LogP contribution in [0.2, 0.25) is 0 Å². The molecule has 2 heterocycles. The molecule has 2 aromatic rings. The van der Waals surface area contributed by atoms with Gasteiger partial charge in [0.05, 0.1) is 12.5 Å². The highest BCUT2D eigenvalue weighted by atomic mass is 32.1. The predicted molar refractivity (Wildman–Crippen MR) is 72.2 cm³/mol. The largest absolute Gasteiger partial charge is 0.472 e. The van der Waals surface area contributed by atoms with Gasteiger partial charge in [0.25, 0.3) is 0 Å². The number of furan rings is 1. The molecule has 0 aliphatic carbocycles. The zero-order valence-corrected chi connectivity index (χ0v) is 11.3. The van der Waals surface area contributed by atoms with E-state index in [0.717, 1.165) is 0 Å². The molecule has 0 radical (unpaired) electrons. The summed E-state index contributed by atoms with van der Waals surface area (Å²) in [5, 5.41) is 5.81. The van der Waals surface area contributed by atoms with Crippen LogP contribution in [0.1, 0.15) is 43.3 Å². The molecule has 0 aliphatic rings. The lowest BCUT2D eigenvalue weighted by atomic mass is 10.0. The van der Waals surface area contributed by atoms with Gasteiger partial charge in [0.15, 0.2) is 0 Å². The Morgan fingerprint density at radius 3 is 2.59 bits per heavy atom. The second-order valence-electron chi connectivity index (χ2n) is 4.68. The van der Waals surface area contributed by atoms with Gasteiger partial charge >= 0.3 is 0 Å². The van der Waals surface area contributed by atoms with Crippen LogP contribution in [0.25, 0.3) is 0 Å². The summed E-state index contributed by atoms with van der Waals surface area (Å²) < 4.78 is 5.13. The van der Waals surface area contributed by atoms with E-state index in [1.54, 1.807) is 6.26 Å². The zero-order chi connectivity index (χ0) is 12.3. The monoisotopic (exact) mass is 249 g/mol. The Morgan fingerprint density at radius 1 is 1.24 bits per heavy atom. The van der Waals surface area contributed by atoms with Gasteiger partial charge in [0.2, 0.25) is 0 Å². The fraction of sp³-hybridized carbons (Fsp3) is 0.429. The Labute approximate surface area is 107 Å². The SMILES string of the molecule is CC(NC(c1cccs1)C(C)C)c1ccoc1. The molecule has 17 heavy (non-hydrogen) atoms. The first-order chi connectivity index (χ1) is 8.18. The Morgan fingerprint density at radius 2 is 2.06 bits per heavy atom. The highest BCUT2D eigenvalue weighted by molar-refractivity contribution is 7.10. The molecular weight excluding hydrogens is 230 g/mol. The molecule has 92 valence electrons. The van der Waals surface area contributed by atoms with Crippen LogP contribution in [0.5, 0.6) is 0 Å². The fourth-order valence-electron chi connectivity index (χ4n) is 1.96. The Kier molecular flexibility index (Phi) is 4.02. The highest BCUT2D eigenvalue weighted by Crippen LogP contribution is 2.28. The van der Waals surface area contributed by atoms with Crippen molar-refractivity contribution in [3.63, 3.8) is 0 Å². The number of rotatable bonds is 5. The molecule has 0 saturated carbocycles. The first kappa shape index (κ1) is 12.4. The summed E-state index contributed by atoms with van der Waals surface area (Å²) in [6.07, 6.45) is 3.53. The Bertz CT molecular complexity index is 419. The second kappa shape index (κ2) is 5.52. The second-order valence-corrected chi connectivity index (χ2v) is 5.66. The molecule has 0 amide bonds. The molecule has 2 rings (SSSR count). The first-order valence-corrected chi connectivity index (χ1v) is 6.88. The van der Waals surface area contributed by atoms with Crippen LogP contribution in [-0.4, -0.2) is 0 Å². The van der Waals surface area contributed by atoms with Gasteiger partial charge in [-0.25, -0.2) is 0 Å². The number of hydrogen-bond donors (Lipinski definition) is 1. The minimum absolute atomic E-state index is 0.309.